The summed E-state index contributed by atoms with van der Waals surface area (Å²) in [5.74, 6) is 0.129. The normalized spacial score (nSPS) is 10.1. The molecular formula is C16H16O4. The lowest BCUT2D eigenvalue weighted by Gasteiger charge is -2.13. The van der Waals surface area contributed by atoms with E-state index in [0.29, 0.717) is 23.7 Å². The van der Waals surface area contributed by atoms with Crippen molar-refractivity contribution < 1.29 is 19.4 Å². The van der Waals surface area contributed by atoms with Gasteiger partial charge >= 0.3 is 5.97 Å². The highest BCUT2D eigenvalue weighted by Gasteiger charge is 2.12. The summed E-state index contributed by atoms with van der Waals surface area (Å²) in [5.41, 5.74) is 1.64. The molecule has 0 aliphatic heterocycles. The first kappa shape index (κ1) is 13.9. The SMILES string of the molecule is COc1c(CC(=O)O)cccc1OCc1ccccc1. The van der Waals surface area contributed by atoms with Crippen LogP contribution >= 0.6 is 0 Å². The Kier molecular flexibility index (Phi) is 4.60. The highest BCUT2D eigenvalue weighted by Crippen LogP contribution is 2.31. The molecule has 0 saturated heterocycles. The molecule has 0 saturated carbocycles. The predicted molar refractivity (Wildman–Crippen MR) is 75.1 cm³/mol. The molecule has 0 atom stereocenters. The maximum atomic E-state index is 10.8. The van der Waals surface area contributed by atoms with Gasteiger partial charge in [-0.1, -0.05) is 42.5 Å². The van der Waals surface area contributed by atoms with Crippen molar-refractivity contribution in [2.75, 3.05) is 7.11 Å². The van der Waals surface area contributed by atoms with E-state index in [1.807, 2.05) is 30.3 Å². The van der Waals surface area contributed by atoms with Crippen LogP contribution < -0.4 is 9.47 Å². The lowest BCUT2D eigenvalue weighted by molar-refractivity contribution is -0.136. The molecule has 104 valence electrons. The van der Waals surface area contributed by atoms with Crippen molar-refractivity contribution in [3.63, 3.8) is 0 Å². The molecule has 0 fully saturated rings. The fraction of sp³-hybridized carbons (Fsp3) is 0.188. The van der Waals surface area contributed by atoms with Crippen molar-refractivity contribution in [1.82, 2.24) is 0 Å². The monoisotopic (exact) mass is 272 g/mol. The number of carboxylic acid groups (broad SMARTS) is 1. The highest BCUT2D eigenvalue weighted by atomic mass is 16.5. The van der Waals surface area contributed by atoms with Gasteiger partial charge in [0, 0.05) is 5.56 Å². The summed E-state index contributed by atoms with van der Waals surface area (Å²) >= 11 is 0. The van der Waals surface area contributed by atoms with Crippen LogP contribution in [0.15, 0.2) is 48.5 Å². The number of para-hydroxylation sites is 1. The smallest absolute Gasteiger partial charge is 0.307 e. The molecule has 0 radical (unpaired) electrons. The van der Waals surface area contributed by atoms with E-state index in [1.54, 1.807) is 18.2 Å². The van der Waals surface area contributed by atoms with Crippen LogP contribution in [0, 0.1) is 0 Å². The molecule has 0 heterocycles. The quantitative estimate of drug-likeness (QED) is 0.878. The van der Waals surface area contributed by atoms with E-state index < -0.39 is 5.97 Å². The van der Waals surface area contributed by atoms with Gasteiger partial charge in [0.15, 0.2) is 11.5 Å². The second-order valence-electron chi connectivity index (χ2n) is 4.29. The summed E-state index contributed by atoms with van der Waals surface area (Å²) in [7, 11) is 1.51. The summed E-state index contributed by atoms with van der Waals surface area (Å²) in [6.45, 7) is 0.410. The van der Waals surface area contributed by atoms with Crippen LogP contribution in [0.2, 0.25) is 0 Å². The first-order valence-corrected chi connectivity index (χ1v) is 6.25. The molecule has 0 aliphatic carbocycles. The number of methoxy groups -OCH3 is 1. The number of hydrogen-bond acceptors (Lipinski definition) is 3. The Morgan fingerprint density at radius 3 is 2.50 bits per heavy atom. The first-order valence-electron chi connectivity index (χ1n) is 6.25. The third-order valence-electron chi connectivity index (χ3n) is 2.84. The second-order valence-corrected chi connectivity index (χ2v) is 4.29. The van der Waals surface area contributed by atoms with E-state index in [-0.39, 0.29) is 6.42 Å². The zero-order valence-electron chi connectivity index (χ0n) is 11.2. The van der Waals surface area contributed by atoms with E-state index in [4.69, 9.17) is 14.6 Å². The number of aliphatic carboxylic acids is 1. The average Bonchev–Trinajstić information content (AvgIpc) is 2.45. The van der Waals surface area contributed by atoms with Crippen molar-refractivity contribution in [1.29, 1.82) is 0 Å². The molecule has 2 aromatic rings. The average molecular weight is 272 g/mol. The largest absolute Gasteiger partial charge is 0.493 e. The second kappa shape index (κ2) is 6.61. The number of hydrogen-bond donors (Lipinski definition) is 1. The molecule has 0 amide bonds. The molecule has 2 rings (SSSR count). The first-order chi connectivity index (χ1) is 9.70. The lowest BCUT2D eigenvalue weighted by Crippen LogP contribution is -2.04. The van der Waals surface area contributed by atoms with Gasteiger partial charge in [-0.25, -0.2) is 0 Å². The molecule has 4 heteroatoms. The van der Waals surface area contributed by atoms with Gasteiger partial charge in [0.25, 0.3) is 0 Å². The number of carbonyl (C=O) groups is 1. The molecule has 0 bridgehead atoms. The molecule has 0 spiro atoms. The van der Waals surface area contributed by atoms with Crippen molar-refractivity contribution in [2.45, 2.75) is 13.0 Å². The van der Waals surface area contributed by atoms with E-state index >= 15 is 0 Å². The van der Waals surface area contributed by atoms with Crippen LogP contribution in [0.3, 0.4) is 0 Å². The zero-order valence-corrected chi connectivity index (χ0v) is 11.2. The summed E-state index contributed by atoms with van der Waals surface area (Å²) in [6.07, 6.45) is -0.0916. The molecule has 4 nitrogen and oxygen atoms in total. The molecule has 2 aromatic carbocycles. The molecule has 20 heavy (non-hydrogen) atoms. The molecule has 0 aliphatic rings. The Hall–Kier alpha value is -2.49. The molecule has 0 unspecified atom stereocenters. The van der Waals surface area contributed by atoms with E-state index in [0.717, 1.165) is 5.56 Å². The standard InChI is InChI=1S/C16H16O4/c1-19-16-13(10-15(17)18)8-5-9-14(16)20-11-12-6-3-2-4-7-12/h2-9H,10-11H2,1H3,(H,17,18). The molecule has 1 N–H and O–H groups in total. The third-order valence-corrected chi connectivity index (χ3v) is 2.84. The van der Waals surface area contributed by atoms with Gasteiger partial charge < -0.3 is 14.6 Å². The number of carboxylic acids is 1. The van der Waals surface area contributed by atoms with Crippen molar-refractivity contribution in [3.05, 3.63) is 59.7 Å². The number of benzene rings is 2. The van der Waals surface area contributed by atoms with Crippen molar-refractivity contribution in [3.8, 4) is 11.5 Å². The number of ether oxygens (including phenoxy) is 2. The Balaban J connectivity index is 2.16. The Labute approximate surface area is 117 Å². The maximum absolute atomic E-state index is 10.8. The Morgan fingerprint density at radius 2 is 1.85 bits per heavy atom. The summed E-state index contributed by atoms with van der Waals surface area (Å²) < 4.78 is 11.0. The predicted octanol–water partition coefficient (Wildman–Crippen LogP) is 2.90. The minimum Gasteiger partial charge on any atom is -0.493 e. The molecule has 0 aromatic heterocycles. The van der Waals surface area contributed by atoms with Crippen LogP contribution in [-0.4, -0.2) is 18.2 Å². The van der Waals surface area contributed by atoms with Crippen LogP contribution in [-0.2, 0) is 17.8 Å². The van der Waals surface area contributed by atoms with Gasteiger partial charge in [-0.3, -0.25) is 4.79 Å². The van der Waals surface area contributed by atoms with Crippen LogP contribution in [0.1, 0.15) is 11.1 Å². The topological polar surface area (TPSA) is 55.8 Å². The summed E-state index contributed by atoms with van der Waals surface area (Å²) in [5, 5.41) is 8.89. The fourth-order valence-corrected chi connectivity index (χ4v) is 1.94. The van der Waals surface area contributed by atoms with E-state index in [2.05, 4.69) is 0 Å². The van der Waals surface area contributed by atoms with E-state index in [9.17, 15) is 4.79 Å². The Morgan fingerprint density at radius 1 is 1.10 bits per heavy atom. The van der Waals surface area contributed by atoms with Gasteiger partial charge in [-0.15, -0.1) is 0 Å². The van der Waals surface area contributed by atoms with Crippen LogP contribution in [0.4, 0.5) is 0 Å². The minimum absolute atomic E-state index is 0.0916. The van der Waals surface area contributed by atoms with Gasteiger partial charge in [0.05, 0.1) is 13.5 Å². The van der Waals surface area contributed by atoms with E-state index in [1.165, 1.54) is 7.11 Å². The third kappa shape index (κ3) is 3.51. The summed E-state index contributed by atoms with van der Waals surface area (Å²) in [4.78, 5) is 10.8. The minimum atomic E-state index is -0.900. The Bertz CT molecular complexity index is 578. The van der Waals surface area contributed by atoms with Crippen molar-refractivity contribution >= 4 is 5.97 Å². The van der Waals surface area contributed by atoms with Gasteiger partial charge in [-0.2, -0.15) is 0 Å². The number of rotatable bonds is 6. The van der Waals surface area contributed by atoms with Crippen LogP contribution in [0.5, 0.6) is 11.5 Å². The van der Waals surface area contributed by atoms with Gasteiger partial charge in [-0.05, 0) is 11.6 Å². The lowest BCUT2D eigenvalue weighted by atomic mass is 10.1. The maximum Gasteiger partial charge on any atom is 0.307 e. The van der Waals surface area contributed by atoms with Gasteiger partial charge in [0.1, 0.15) is 6.61 Å². The summed E-state index contributed by atoms with van der Waals surface area (Å²) in [6, 6.07) is 15.0. The van der Waals surface area contributed by atoms with Crippen molar-refractivity contribution in [2.24, 2.45) is 0 Å². The zero-order chi connectivity index (χ0) is 14.4. The molecular weight excluding hydrogens is 256 g/mol. The fourth-order valence-electron chi connectivity index (χ4n) is 1.94. The highest BCUT2D eigenvalue weighted by molar-refractivity contribution is 5.72. The van der Waals surface area contributed by atoms with Gasteiger partial charge in [0.2, 0.25) is 0 Å². The van der Waals surface area contributed by atoms with Crippen LogP contribution in [0.25, 0.3) is 0 Å².